The lowest BCUT2D eigenvalue weighted by Gasteiger charge is -2.37. The van der Waals surface area contributed by atoms with Crippen LogP contribution in [-0.2, 0) is 10.0 Å². The normalized spacial score (nSPS) is 19.4. The molecule has 2 heterocycles. The Kier molecular flexibility index (Phi) is 5.18. The van der Waals surface area contributed by atoms with Crippen molar-refractivity contribution in [2.45, 2.75) is 31.3 Å². The maximum Gasteiger partial charge on any atom is 0.262 e. The zero-order chi connectivity index (χ0) is 15.5. The van der Waals surface area contributed by atoms with Gasteiger partial charge in [0.05, 0.1) is 5.69 Å². The second-order valence-electron chi connectivity index (χ2n) is 5.30. The van der Waals surface area contributed by atoms with Crippen LogP contribution < -0.4 is 5.32 Å². The Morgan fingerprint density at radius 1 is 1.33 bits per heavy atom. The fourth-order valence-corrected chi connectivity index (χ4v) is 4.08. The van der Waals surface area contributed by atoms with Crippen molar-refractivity contribution in [2.24, 2.45) is 0 Å². The van der Waals surface area contributed by atoms with Crippen molar-refractivity contribution < 1.29 is 8.42 Å². The number of hydrogen-bond donors (Lipinski definition) is 1. The van der Waals surface area contributed by atoms with E-state index in [2.05, 4.69) is 29.0 Å². The summed E-state index contributed by atoms with van der Waals surface area (Å²) >= 11 is 0. The van der Waals surface area contributed by atoms with E-state index in [1.807, 2.05) is 0 Å². The van der Waals surface area contributed by atoms with Crippen molar-refractivity contribution >= 4 is 15.7 Å². The van der Waals surface area contributed by atoms with Gasteiger partial charge in [0.15, 0.2) is 5.03 Å². The SMILES string of the molecule is CCC(C)N1CCN(S(=O)(=O)c2ncccc2NC)CC1. The molecular weight excluding hydrogens is 288 g/mol. The number of sulfonamides is 1. The summed E-state index contributed by atoms with van der Waals surface area (Å²) in [6.45, 7) is 6.92. The maximum atomic E-state index is 12.7. The molecular formula is C14H24N4O2S. The predicted octanol–water partition coefficient (Wildman–Crippen LogP) is 1.23. The molecule has 118 valence electrons. The van der Waals surface area contributed by atoms with Gasteiger partial charge in [0.2, 0.25) is 0 Å². The Balaban J connectivity index is 2.15. The zero-order valence-electron chi connectivity index (χ0n) is 12.9. The monoisotopic (exact) mass is 312 g/mol. The van der Waals surface area contributed by atoms with Crippen LogP contribution in [0.3, 0.4) is 0 Å². The third-order valence-electron chi connectivity index (χ3n) is 4.11. The van der Waals surface area contributed by atoms with Gasteiger partial charge in [-0.2, -0.15) is 4.31 Å². The average molecular weight is 312 g/mol. The maximum absolute atomic E-state index is 12.7. The van der Waals surface area contributed by atoms with E-state index in [4.69, 9.17) is 0 Å². The standard InChI is InChI=1S/C14H24N4O2S/c1-4-12(2)17-8-10-18(11-9-17)21(19,20)14-13(15-3)6-5-7-16-14/h5-7,12,15H,4,8-11H2,1-3H3. The Morgan fingerprint density at radius 2 is 2.00 bits per heavy atom. The molecule has 1 atom stereocenters. The third kappa shape index (κ3) is 3.36. The molecule has 0 aromatic carbocycles. The molecule has 0 saturated carbocycles. The van der Waals surface area contributed by atoms with E-state index in [-0.39, 0.29) is 5.03 Å². The van der Waals surface area contributed by atoms with E-state index < -0.39 is 10.0 Å². The van der Waals surface area contributed by atoms with E-state index in [0.717, 1.165) is 19.5 Å². The molecule has 2 rings (SSSR count). The third-order valence-corrected chi connectivity index (χ3v) is 5.97. The summed E-state index contributed by atoms with van der Waals surface area (Å²) in [7, 11) is -1.82. The van der Waals surface area contributed by atoms with Crippen LogP contribution in [0.1, 0.15) is 20.3 Å². The lowest BCUT2D eigenvalue weighted by molar-refractivity contribution is 0.142. The Labute approximate surface area is 127 Å². The summed E-state index contributed by atoms with van der Waals surface area (Å²) in [4.78, 5) is 6.40. The molecule has 7 heteroatoms. The highest BCUT2D eigenvalue weighted by atomic mass is 32.2. The number of aromatic nitrogens is 1. The zero-order valence-corrected chi connectivity index (χ0v) is 13.7. The molecule has 1 unspecified atom stereocenters. The van der Waals surface area contributed by atoms with Gasteiger partial charge < -0.3 is 5.32 Å². The molecule has 1 aromatic heterocycles. The Morgan fingerprint density at radius 3 is 2.57 bits per heavy atom. The smallest absolute Gasteiger partial charge is 0.262 e. The van der Waals surface area contributed by atoms with Crippen LogP contribution in [-0.4, -0.2) is 61.9 Å². The average Bonchev–Trinajstić information content (AvgIpc) is 2.54. The second-order valence-corrected chi connectivity index (χ2v) is 7.16. The Bertz CT molecular complexity index is 568. The number of piperazine rings is 1. The first-order valence-electron chi connectivity index (χ1n) is 7.37. The van der Waals surface area contributed by atoms with Gasteiger partial charge in [0.25, 0.3) is 10.0 Å². The first-order chi connectivity index (χ1) is 10.0. The molecule has 1 saturated heterocycles. The summed E-state index contributed by atoms with van der Waals surface area (Å²) in [6, 6.07) is 3.96. The largest absolute Gasteiger partial charge is 0.386 e. The topological polar surface area (TPSA) is 65.5 Å². The minimum absolute atomic E-state index is 0.115. The first kappa shape index (κ1) is 16.2. The molecule has 1 N–H and O–H groups in total. The van der Waals surface area contributed by atoms with Gasteiger partial charge in [-0.25, -0.2) is 13.4 Å². The summed E-state index contributed by atoms with van der Waals surface area (Å²) < 4.78 is 27.0. The van der Waals surface area contributed by atoms with E-state index >= 15 is 0 Å². The highest BCUT2D eigenvalue weighted by Crippen LogP contribution is 2.23. The molecule has 1 aliphatic rings. The lowest BCUT2D eigenvalue weighted by atomic mass is 10.2. The van der Waals surface area contributed by atoms with E-state index in [9.17, 15) is 8.42 Å². The summed E-state index contributed by atoms with van der Waals surface area (Å²) in [5, 5.41) is 3.01. The number of rotatable bonds is 5. The van der Waals surface area contributed by atoms with Gasteiger partial charge in [0, 0.05) is 45.5 Å². The summed E-state index contributed by atoms with van der Waals surface area (Å²) in [5.41, 5.74) is 0.543. The molecule has 1 aliphatic heterocycles. The quantitative estimate of drug-likeness (QED) is 0.886. The number of anilines is 1. The van der Waals surface area contributed by atoms with Crippen molar-refractivity contribution in [2.75, 3.05) is 38.5 Å². The van der Waals surface area contributed by atoms with E-state index in [1.54, 1.807) is 19.2 Å². The van der Waals surface area contributed by atoms with Crippen molar-refractivity contribution in [3.05, 3.63) is 18.3 Å². The molecule has 1 fully saturated rings. The van der Waals surface area contributed by atoms with Gasteiger partial charge in [-0.3, -0.25) is 4.90 Å². The number of nitrogens with zero attached hydrogens (tertiary/aromatic N) is 3. The highest BCUT2D eigenvalue weighted by Gasteiger charge is 2.31. The van der Waals surface area contributed by atoms with E-state index in [1.165, 1.54) is 10.5 Å². The van der Waals surface area contributed by atoms with Crippen molar-refractivity contribution in [1.82, 2.24) is 14.2 Å². The van der Waals surface area contributed by atoms with Gasteiger partial charge in [-0.05, 0) is 25.5 Å². The first-order valence-corrected chi connectivity index (χ1v) is 8.81. The van der Waals surface area contributed by atoms with Crippen LogP contribution in [0.25, 0.3) is 0 Å². The van der Waals surface area contributed by atoms with Crippen LogP contribution in [0.2, 0.25) is 0 Å². The van der Waals surface area contributed by atoms with Gasteiger partial charge >= 0.3 is 0 Å². The minimum Gasteiger partial charge on any atom is -0.386 e. The molecule has 0 aliphatic carbocycles. The molecule has 0 radical (unpaired) electrons. The predicted molar refractivity (Wildman–Crippen MR) is 83.9 cm³/mol. The lowest BCUT2D eigenvalue weighted by Crippen LogP contribution is -2.51. The van der Waals surface area contributed by atoms with Crippen LogP contribution in [0.4, 0.5) is 5.69 Å². The van der Waals surface area contributed by atoms with Crippen LogP contribution >= 0.6 is 0 Å². The summed E-state index contributed by atoms with van der Waals surface area (Å²) in [5.74, 6) is 0. The van der Waals surface area contributed by atoms with Crippen molar-refractivity contribution in [3.63, 3.8) is 0 Å². The fraction of sp³-hybridized carbons (Fsp3) is 0.643. The molecule has 21 heavy (non-hydrogen) atoms. The highest BCUT2D eigenvalue weighted by molar-refractivity contribution is 7.89. The molecule has 0 bridgehead atoms. The van der Waals surface area contributed by atoms with Gasteiger partial charge in [-0.1, -0.05) is 6.92 Å². The van der Waals surface area contributed by atoms with Crippen LogP contribution in [0.5, 0.6) is 0 Å². The van der Waals surface area contributed by atoms with Crippen LogP contribution in [0.15, 0.2) is 23.4 Å². The van der Waals surface area contributed by atoms with Gasteiger partial charge in [0.1, 0.15) is 0 Å². The number of hydrogen-bond acceptors (Lipinski definition) is 5. The molecule has 6 nitrogen and oxygen atoms in total. The molecule has 0 spiro atoms. The summed E-state index contributed by atoms with van der Waals surface area (Å²) in [6.07, 6.45) is 2.60. The number of pyridine rings is 1. The van der Waals surface area contributed by atoms with E-state index in [0.29, 0.717) is 24.8 Å². The van der Waals surface area contributed by atoms with Crippen molar-refractivity contribution in [1.29, 1.82) is 0 Å². The molecule has 1 aromatic rings. The van der Waals surface area contributed by atoms with Crippen molar-refractivity contribution in [3.8, 4) is 0 Å². The fourth-order valence-electron chi connectivity index (χ4n) is 2.55. The van der Waals surface area contributed by atoms with Crippen LogP contribution in [0, 0.1) is 0 Å². The second kappa shape index (κ2) is 6.72. The van der Waals surface area contributed by atoms with Gasteiger partial charge in [-0.15, -0.1) is 0 Å². The number of nitrogens with one attached hydrogen (secondary N) is 1. The Hall–Kier alpha value is -1.18. The minimum atomic E-state index is -3.53. The molecule has 0 amide bonds.